The van der Waals surface area contributed by atoms with Crippen LogP contribution in [0.3, 0.4) is 0 Å². The molecule has 4 rings (SSSR count). The summed E-state index contributed by atoms with van der Waals surface area (Å²) >= 11 is 0. The summed E-state index contributed by atoms with van der Waals surface area (Å²) in [6, 6.07) is 34.2. The molecule has 4 aromatic rings. The van der Waals surface area contributed by atoms with Gasteiger partial charge in [-0.2, -0.15) is 0 Å². The highest BCUT2D eigenvalue weighted by atomic mass is 16.3. The fraction of sp³-hybridized carbons (Fsp3) is 0.267. The van der Waals surface area contributed by atoms with E-state index in [9.17, 15) is 5.11 Å². The molecule has 1 N–H and O–H groups in total. The molecule has 0 spiro atoms. The van der Waals surface area contributed by atoms with Gasteiger partial charge in [-0.15, -0.1) is 0 Å². The molecule has 0 saturated heterocycles. The van der Waals surface area contributed by atoms with Crippen molar-refractivity contribution in [3.63, 3.8) is 0 Å². The number of hydrogen-bond donors (Lipinski definition) is 1. The van der Waals surface area contributed by atoms with Crippen LogP contribution >= 0.6 is 0 Å². The molecule has 0 aliphatic rings. The molecule has 0 saturated carbocycles. The number of hydrogen-bond acceptors (Lipinski definition) is 1. The third kappa shape index (κ3) is 5.17. The van der Waals surface area contributed by atoms with Gasteiger partial charge in [-0.1, -0.05) is 98.8 Å². The Hall–Kier alpha value is -3.06. The molecule has 0 amide bonds. The molecule has 3 atom stereocenters. The highest BCUT2D eigenvalue weighted by Crippen LogP contribution is 2.39. The predicted molar refractivity (Wildman–Crippen MR) is 132 cm³/mol. The van der Waals surface area contributed by atoms with Gasteiger partial charge in [0, 0.05) is 0 Å². The van der Waals surface area contributed by atoms with Crippen molar-refractivity contribution < 1.29 is 5.11 Å². The average molecular weight is 409 g/mol. The molecule has 31 heavy (non-hydrogen) atoms. The second kappa shape index (κ2) is 9.83. The van der Waals surface area contributed by atoms with Gasteiger partial charge in [-0.25, -0.2) is 0 Å². The monoisotopic (exact) mass is 408 g/mol. The van der Waals surface area contributed by atoms with Gasteiger partial charge >= 0.3 is 0 Å². The van der Waals surface area contributed by atoms with Crippen LogP contribution in [-0.4, -0.2) is 5.11 Å². The first-order valence-electron chi connectivity index (χ1n) is 11.5. The maximum absolute atomic E-state index is 9.81. The van der Waals surface area contributed by atoms with Crippen LogP contribution in [0.15, 0.2) is 97.1 Å². The van der Waals surface area contributed by atoms with E-state index in [0.29, 0.717) is 23.5 Å². The second-order valence-electron chi connectivity index (χ2n) is 8.78. The Labute approximate surface area is 186 Å². The molecule has 0 radical (unpaired) electrons. The van der Waals surface area contributed by atoms with Crippen LogP contribution in [0.5, 0.6) is 5.75 Å². The Morgan fingerprint density at radius 3 is 1.94 bits per heavy atom. The number of phenolic OH excluding ortho intramolecular Hbond substituents is 1. The van der Waals surface area contributed by atoms with Crippen molar-refractivity contribution >= 4 is 10.8 Å². The molecule has 0 bridgehead atoms. The van der Waals surface area contributed by atoms with Gasteiger partial charge < -0.3 is 5.11 Å². The summed E-state index contributed by atoms with van der Waals surface area (Å²) in [5.74, 6) is 1.76. The lowest BCUT2D eigenvalue weighted by Crippen LogP contribution is -2.10. The minimum absolute atomic E-state index is 0.333. The highest BCUT2D eigenvalue weighted by Gasteiger charge is 2.22. The van der Waals surface area contributed by atoms with E-state index < -0.39 is 0 Å². The lowest BCUT2D eigenvalue weighted by Gasteiger charge is -2.26. The van der Waals surface area contributed by atoms with Crippen molar-refractivity contribution in [1.82, 2.24) is 0 Å². The van der Waals surface area contributed by atoms with E-state index in [1.807, 2.05) is 12.1 Å². The van der Waals surface area contributed by atoms with E-state index in [-0.39, 0.29) is 0 Å². The minimum atomic E-state index is 0.333. The van der Waals surface area contributed by atoms with Gasteiger partial charge in [0.15, 0.2) is 0 Å². The van der Waals surface area contributed by atoms with Crippen LogP contribution in [0.25, 0.3) is 10.8 Å². The van der Waals surface area contributed by atoms with Crippen LogP contribution in [0.2, 0.25) is 0 Å². The third-order valence-electron chi connectivity index (χ3n) is 6.68. The van der Waals surface area contributed by atoms with Gasteiger partial charge in [0.05, 0.1) is 0 Å². The standard InChI is InChI=1S/C30H32O/c1-3-23(24-9-5-4-6-10-24)20-29(26-15-17-30(31)18-16-26)19-22(2)27-14-13-25-11-7-8-12-28(25)21-27/h4-18,21-23,29,31H,3,19-20H2,1-2H3. The third-order valence-corrected chi connectivity index (χ3v) is 6.68. The van der Waals surface area contributed by atoms with E-state index in [1.54, 1.807) is 0 Å². The van der Waals surface area contributed by atoms with Crippen molar-refractivity contribution in [2.24, 2.45) is 0 Å². The van der Waals surface area contributed by atoms with Crippen LogP contribution in [0, 0.1) is 0 Å². The van der Waals surface area contributed by atoms with Crippen LogP contribution < -0.4 is 0 Å². The second-order valence-corrected chi connectivity index (χ2v) is 8.78. The van der Waals surface area contributed by atoms with Crippen molar-refractivity contribution in [2.75, 3.05) is 0 Å². The fourth-order valence-electron chi connectivity index (χ4n) is 4.80. The molecular weight excluding hydrogens is 376 g/mol. The van der Waals surface area contributed by atoms with Gasteiger partial charge in [-0.05, 0) is 76.6 Å². The number of aromatic hydroxyl groups is 1. The van der Waals surface area contributed by atoms with Gasteiger partial charge in [0.1, 0.15) is 5.75 Å². The van der Waals surface area contributed by atoms with E-state index in [1.165, 1.54) is 27.5 Å². The Bertz CT molecular complexity index is 1100. The van der Waals surface area contributed by atoms with Crippen molar-refractivity contribution in [1.29, 1.82) is 0 Å². The number of rotatable bonds is 8. The van der Waals surface area contributed by atoms with E-state index >= 15 is 0 Å². The fourth-order valence-corrected chi connectivity index (χ4v) is 4.80. The van der Waals surface area contributed by atoms with E-state index in [2.05, 4.69) is 98.8 Å². The molecule has 4 aromatic carbocycles. The van der Waals surface area contributed by atoms with Gasteiger partial charge in [-0.3, -0.25) is 0 Å². The molecule has 1 nitrogen and oxygen atoms in total. The zero-order valence-electron chi connectivity index (χ0n) is 18.5. The van der Waals surface area contributed by atoms with Crippen LogP contribution in [-0.2, 0) is 0 Å². The number of fused-ring (bicyclic) bond motifs is 1. The molecule has 0 aromatic heterocycles. The first-order chi connectivity index (χ1) is 15.1. The first-order valence-corrected chi connectivity index (χ1v) is 11.5. The minimum Gasteiger partial charge on any atom is -0.508 e. The summed E-state index contributed by atoms with van der Waals surface area (Å²) in [7, 11) is 0. The SMILES string of the molecule is CCC(CC(CC(C)c1ccc2ccccc2c1)c1ccc(O)cc1)c1ccccc1. The Morgan fingerprint density at radius 2 is 1.23 bits per heavy atom. The van der Waals surface area contributed by atoms with Crippen LogP contribution in [0.1, 0.15) is 67.6 Å². The maximum atomic E-state index is 9.81. The number of benzene rings is 4. The molecule has 1 heteroatoms. The zero-order valence-corrected chi connectivity index (χ0v) is 18.5. The van der Waals surface area contributed by atoms with Crippen molar-refractivity contribution in [3.8, 4) is 5.75 Å². The molecule has 0 fully saturated rings. The Balaban J connectivity index is 1.60. The Kier molecular flexibility index (Phi) is 6.72. The van der Waals surface area contributed by atoms with Crippen molar-refractivity contribution in [2.45, 2.75) is 50.9 Å². The highest BCUT2D eigenvalue weighted by molar-refractivity contribution is 5.83. The molecule has 0 aliphatic carbocycles. The molecular formula is C30H32O. The number of phenols is 1. The topological polar surface area (TPSA) is 20.2 Å². The normalized spacial score (nSPS) is 14.3. The molecule has 0 heterocycles. The lowest BCUT2D eigenvalue weighted by molar-refractivity contribution is 0.462. The summed E-state index contributed by atoms with van der Waals surface area (Å²) < 4.78 is 0. The van der Waals surface area contributed by atoms with E-state index in [4.69, 9.17) is 0 Å². The van der Waals surface area contributed by atoms with Gasteiger partial charge in [0.25, 0.3) is 0 Å². The predicted octanol–water partition coefficient (Wildman–Crippen LogP) is 8.41. The zero-order chi connectivity index (χ0) is 21.6. The summed E-state index contributed by atoms with van der Waals surface area (Å²) in [4.78, 5) is 0. The summed E-state index contributed by atoms with van der Waals surface area (Å²) in [6.45, 7) is 4.64. The first kappa shape index (κ1) is 21.2. The summed E-state index contributed by atoms with van der Waals surface area (Å²) in [5, 5.41) is 12.4. The Morgan fingerprint density at radius 1 is 0.613 bits per heavy atom. The largest absolute Gasteiger partial charge is 0.508 e. The summed E-state index contributed by atoms with van der Waals surface area (Å²) in [6.07, 6.45) is 3.33. The smallest absolute Gasteiger partial charge is 0.115 e. The van der Waals surface area contributed by atoms with Crippen molar-refractivity contribution in [3.05, 3.63) is 114 Å². The molecule has 158 valence electrons. The summed E-state index contributed by atoms with van der Waals surface area (Å²) in [5.41, 5.74) is 4.14. The lowest BCUT2D eigenvalue weighted by atomic mass is 9.78. The quantitative estimate of drug-likeness (QED) is 0.310. The average Bonchev–Trinajstić information content (AvgIpc) is 2.82. The molecule has 3 unspecified atom stereocenters. The molecule has 0 aliphatic heterocycles. The van der Waals surface area contributed by atoms with Gasteiger partial charge in [0.2, 0.25) is 0 Å². The maximum Gasteiger partial charge on any atom is 0.115 e. The van der Waals surface area contributed by atoms with E-state index in [0.717, 1.165) is 19.3 Å². The van der Waals surface area contributed by atoms with Crippen LogP contribution in [0.4, 0.5) is 0 Å².